The number of anilines is 1. The van der Waals surface area contributed by atoms with Crippen molar-refractivity contribution in [3.63, 3.8) is 0 Å². The zero-order valence-electron chi connectivity index (χ0n) is 26.8. The average Bonchev–Trinajstić information content (AvgIpc) is 3.06. The molecule has 0 saturated heterocycles. The molecule has 4 N–H and O–H groups in total. The molecule has 1 aliphatic carbocycles. The van der Waals surface area contributed by atoms with E-state index in [4.69, 9.17) is 20.7 Å². The Labute approximate surface area is 271 Å². The van der Waals surface area contributed by atoms with Gasteiger partial charge in [-0.25, -0.2) is 9.59 Å². The Morgan fingerprint density at radius 3 is 2.36 bits per heavy atom. The van der Waals surface area contributed by atoms with Gasteiger partial charge in [0.25, 0.3) is 6.47 Å². The van der Waals surface area contributed by atoms with Crippen LogP contribution in [0.25, 0.3) is 0 Å². The Bertz CT molecular complexity index is 1550. The van der Waals surface area contributed by atoms with E-state index in [1.165, 1.54) is 50.3 Å². The second-order valence-corrected chi connectivity index (χ2v) is 11.3. The number of ether oxygens (including phenoxy) is 2. The molecule has 1 fully saturated rings. The summed E-state index contributed by atoms with van der Waals surface area (Å²) in [5.41, 5.74) is 6.37. The third kappa shape index (κ3) is 8.48. The number of benzene rings is 2. The molecule has 1 saturated carbocycles. The number of primary amides is 1. The van der Waals surface area contributed by atoms with E-state index in [9.17, 15) is 28.0 Å². The number of carbonyl (C=O) groups excluding carboxylic acids is 3. The third-order valence-electron chi connectivity index (χ3n) is 8.52. The summed E-state index contributed by atoms with van der Waals surface area (Å²) in [4.78, 5) is 38.6. The largest absolute Gasteiger partial charge is 0.471 e. The Morgan fingerprint density at radius 2 is 1.81 bits per heavy atom. The van der Waals surface area contributed by atoms with E-state index < -0.39 is 35.7 Å². The SMILES string of the molecule is COC(=O)C1=C(C)N(c2cccc(C(F)(F)F)c2)C(=N)N(C(N)=O)[C@@H]1c1ccc(C#N)cc1CC[NH+](C)C1CCCCC1.COC=O. The molecule has 0 radical (unpaired) electrons. The minimum atomic E-state index is -4.66. The molecule has 2 aliphatic rings. The second-order valence-electron chi connectivity index (χ2n) is 11.3. The molecule has 1 unspecified atom stereocenters. The van der Waals surface area contributed by atoms with Crippen LogP contribution < -0.4 is 15.5 Å². The number of urea groups is 1. The number of carbonyl (C=O) groups is 3. The smallest absolute Gasteiger partial charge is 0.416 e. The number of rotatable bonds is 8. The van der Waals surface area contributed by atoms with Gasteiger partial charge in [-0.3, -0.25) is 20.0 Å². The summed E-state index contributed by atoms with van der Waals surface area (Å²) in [5.74, 6) is -1.36. The maximum atomic E-state index is 13.6. The number of likely N-dealkylation sites (N-methyl/N-ethyl adjacent to an activating group) is 1. The highest BCUT2D eigenvalue weighted by atomic mass is 19.4. The van der Waals surface area contributed by atoms with Crippen molar-refractivity contribution in [2.75, 3.05) is 32.7 Å². The number of nitrogens with zero attached hydrogens (tertiary/aromatic N) is 3. The fourth-order valence-corrected chi connectivity index (χ4v) is 6.16. The Hall–Kier alpha value is -4.90. The summed E-state index contributed by atoms with van der Waals surface area (Å²) in [6, 6.07) is 9.50. The van der Waals surface area contributed by atoms with E-state index in [2.05, 4.69) is 17.9 Å². The van der Waals surface area contributed by atoms with E-state index in [-0.39, 0.29) is 17.0 Å². The number of allylic oxidation sites excluding steroid dienone is 1. The van der Waals surface area contributed by atoms with E-state index in [1.54, 1.807) is 18.2 Å². The lowest BCUT2D eigenvalue weighted by molar-refractivity contribution is -0.907. The molecule has 14 heteroatoms. The van der Waals surface area contributed by atoms with Crippen molar-refractivity contribution in [1.82, 2.24) is 4.90 Å². The maximum Gasteiger partial charge on any atom is 0.416 e. The summed E-state index contributed by atoms with van der Waals surface area (Å²) in [6.07, 6.45) is 1.71. The number of methoxy groups -OCH3 is 2. The number of nitriles is 1. The first kappa shape index (κ1) is 36.6. The van der Waals surface area contributed by atoms with Crippen molar-refractivity contribution in [3.05, 3.63) is 76.0 Å². The van der Waals surface area contributed by atoms with Crippen LogP contribution in [-0.4, -0.2) is 63.2 Å². The van der Waals surface area contributed by atoms with E-state index in [1.807, 2.05) is 0 Å². The highest BCUT2D eigenvalue weighted by molar-refractivity contribution is 6.10. The highest BCUT2D eigenvalue weighted by Crippen LogP contribution is 2.42. The van der Waals surface area contributed by atoms with Gasteiger partial charge in [0.1, 0.15) is 6.04 Å². The van der Waals surface area contributed by atoms with Crippen LogP contribution in [0, 0.1) is 16.7 Å². The number of guanidine groups is 1. The van der Waals surface area contributed by atoms with Crippen LogP contribution in [0.5, 0.6) is 0 Å². The number of amides is 2. The zero-order chi connectivity index (χ0) is 34.9. The van der Waals surface area contributed by atoms with Crippen LogP contribution in [-0.2, 0) is 31.7 Å². The molecule has 0 bridgehead atoms. The lowest BCUT2D eigenvalue weighted by Crippen LogP contribution is -3.13. The number of hydrogen-bond acceptors (Lipinski definition) is 7. The van der Waals surface area contributed by atoms with Gasteiger partial charge in [-0.2, -0.15) is 18.4 Å². The standard InChI is InChI=1S/C31H35F3N6O3.C2H4O2/c1-19-26(28(41)43-3)27(40(30(37)42)29(36)39(19)24-11-7-8-22(17-24)31(32,33)34)25-13-12-20(18-35)16-21(25)14-15-38(2)23-9-5-4-6-10-23;1-4-2-3/h7-8,11-13,16-17,23,27,36H,4-6,9-10,14-15H2,1-3H3,(H2,37,42);2H,1H3/p+1/t27-;/m1./s1. The van der Waals surface area contributed by atoms with Gasteiger partial charge in [-0.15, -0.1) is 0 Å². The van der Waals surface area contributed by atoms with Crippen molar-refractivity contribution in [2.45, 2.75) is 63.7 Å². The first-order chi connectivity index (χ1) is 22.3. The number of esters is 1. The van der Waals surface area contributed by atoms with Crippen LogP contribution in [0.2, 0.25) is 0 Å². The predicted molar refractivity (Wildman–Crippen MR) is 167 cm³/mol. The van der Waals surface area contributed by atoms with Crippen molar-refractivity contribution in [3.8, 4) is 6.07 Å². The molecule has 2 aromatic carbocycles. The summed E-state index contributed by atoms with van der Waals surface area (Å²) in [7, 11) is 4.60. The van der Waals surface area contributed by atoms with Gasteiger partial charge in [0, 0.05) is 17.8 Å². The molecule has 47 heavy (non-hydrogen) atoms. The molecule has 11 nitrogen and oxygen atoms in total. The fourth-order valence-electron chi connectivity index (χ4n) is 6.16. The van der Waals surface area contributed by atoms with Gasteiger partial charge in [-0.05, 0) is 74.1 Å². The zero-order valence-corrected chi connectivity index (χ0v) is 26.8. The van der Waals surface area contributed by atoms with Crippen molar-refractivity contribution >= 4 is 30.1 Å². The van der Waals surface area contributed by atoms with Crippen LogP contribution in [0.3, 0.4) is 0 Å². The molecule has 252 valence electrons. The van der Waals surface area contributed by atoms with Gasteiger partial charge < -0.3 is 20.1 Å². The minimum absolute atomic E-state index is 0.0614. The molecule has 0 spiro atoms. The lowest BCUT2D eigenvalue weighted by atomic mass is 9.87. The van der Waals surface area contributed by atoms with Crippen LogP contribution in [0.4, 0.5) is 23.7 Å². The molecule has 1 aliphatic heterocycles. The first-order valence-electron chi connectivity index (χ1n) is 15.1. The van der Waals surface area contributed by atoms with Crippen molar-refractivity contribution < 1.29 is 41.9 Å². The Kier molecular flexibility index (Phi) is 12.5. The van der Waals surface area contributed by atoms with E-state index in [0.717, 1.165) is 48.4 Å². The van der Waals surface area contributed by atoms with E-state index >= 15 is 0 Å². The number of nitrogens with one attached hydrogen (secondary N) is 2. The monoisotopic (exact) mass is 657 g/mol. The van der Waals surface area contributed by atoms with Crippen LogP contribution in [0.15, 0.2) is 53.7 Å². The van der Waals surface area contributed by atoms with Crippen molar-refractivity contribution in [1.29, 1.82) is 10.7 Å². The summed E-state index contributed by atoms with van der Waals surface area (Å²) in [5, 5.41) is 18.6. The topological polar surface area (TPSA) is 154 Å². The van der Waals surface area contributed by atoms with Gasteiger partial charge in [-0.1, -0.05) is 18.6 Å². The number of quaternary nitrogens is 1. The minimum Gasteiger partial charge on any atom is -0.471 e. The van der Waals surface area contributed by atoms with Gasteiger partial charge in [0.2, 0.25) is 5.96 Å². The Balaban J connectivity index is 0.00000142. The van der Waals surface area contributed by atoms with Gasteiger partial charge in [0.15, 0.2) is 0 Å². The molecule has 2 amide bonds. The van der Waals surface area contributed by atoms with Crippen LogP contribution in [0.1, 0.15) is 67.3 Å². The number of hydrogen-bond donors (Lipinski definition) is 3. The lowest BCUT2D eigenvalue weighted by Gasteiger charge is -2.43. The van der Waals surface area contributed by atoms with Gasteiger partial charge >= 0.3 is 18.2 Å². The number of alkyl halides is 3. The summed E-state index contributed by atoms with van der Waals surface area (Å²) in [6.45, 7) is 2.58. The van der Waals surface area contributed by atoms with Gasteiger partial charge in [0.05, 0.1) is 56.6 Å². The second kappa shape index (κ2) is 16.1. The molecule has 0 aromatic heterocycles. The first-order valence-corrected chi connectivity index (χ1v) is 15.1. The molecule has 1 heterocycles. The number of halogens is 3. The molecule has 2 atom stereocenters. The highest BCUT2D eigenvalue weighted by Gasteiger charge is 2.44. The third-order valence-corrected chi connectivity index (χ3v) is 8.52. The fraction of sp³-hybridized carbons (Fsp3) is 0.424. The maximum absolute atomic E-state index is 13.6. The molecule has 2 aromatic rings. The normalized spacial score (nSPS) is 17.7. The van der Waals surface area contributed by atoms with Crippen molar-refractivity contribution in [2.24, 2.45) is 5.73 Å². The molecular formula is C33H40F3N6O5+. The molecule has 4 rings (SSSR count). The predicted octanol–water partition coefficient (Wildman–Crippen LogP) is 4.08. The van der Waals surface area contributed by atoms with E-state index in [0.29, 0.717) is 35.6 Å². The Morgan fingerprint density at radius 1 is 1.15 bits per heavy atom. The summed E-state index contributed by atoms with van der Waals surface area (Å²) >= 11 is 0. The quantitative estimate of drug-likeness (QED) is 0.286. The average molecular weight is 658 g/mol. The molecular weight excluding hydrogens is 617 g/mol. The number of nitrogens with two attached hydrogens (primary N) is 1. The van der Waals surface area contributed by atoms with Crippen LogP contribution >= 0.6 is 0 Å². The summed E-state index contributed by atoms with van der Waals surface area (Å²) < 4.78 is 49.6.